The Bertz CT molecular complexity index is 904. The highest BCUT2D eigenvalue weighted by molar-refractivity contribution is 5.94. The molecule has 0 bridgehead atoms. The van der Waals surface area contributed by atoms with Gasteiger partial charge in [-0.2, -0.15) is 0 Å². The zero-order chi connectivity index (χ0) is 22.2. The Morgan fingerprint density at radius 2 is 2.09 bits per heavy atom. The summed E-state index contributed by atoms with van der Waals surface area (Å²) >= 11 is 0. The number of ether oxygens (including phenoxy) is 1. The van der Waals surface area contributed by atoms with E-state index in [1.165, 1.54) is 11.8 Å². The molecule has 1 aromatic carbocycles. The van der Waals surface area contributed by atoms with Crippen LogP contribution in [0.5, 0.6) is 0 Å². The van der Waals surface area contributed by atoms with Crippen LogP contribution in [0.25, 0.3) is 6.08 Å². The van der Waals surface area contributed by atoms with Gasteiger partial charge in [-0.25, -0.2) is 19.7 Å². The molecule has 2 N–H and O–H groups in total. The molecule has 0 aliphatic carbocycles. The lowest BCUT2D eigenvalue weighted by atomic mass is 10.2. The molecule has 170 valence electrons. The molecule has 2 fully saturated rings. The number of aromatic nitrogens is 2. The van der Waals surface area contributed by atoms with E-state index in [1.807, 2.05) is 6.07 Å². The minimum atomic E-state index is -1.01. The third kappa shape index (κ3) is 6.56. The van der Waals surface area contributed by atoms with Crippen molar-refractivity contribution in [2.45, 2.75) is 44.6 Å². The summed E-state index contributed by atoms with van der Waals surface area (Å²) in [4.78, 5) is 27.8. The average Bonchev–Trinajstić information content (AvgIpc) is 3.26. The maximum atomic E-state index is 14.1. The fourth-order valence-corrected chi connectivity index (χ4v) is 3.80. The maximum Gasteiger partial charge on any atom is 0.303 e. The number of amides is 1. The number of anilines is 1. The van der Waals surface area contributed by atoms with Crippen molar-refractivity contribution in [3.05, 3.63) is 59.8 Å². The Morgan fingerprint density at radius 1 is 1.22 bits per heavy atom. The first-order chi connectivity index (χ1) is 15.7. The quantitative estimate of drug-likeness (QED) is 0.481. The van der Waals surface area contributed by atoms with Crippen molar-refractivity contribution in [2.75, 3.05) is 25.0 Å². The molecule has 1 unspecified atom stereocenters. The number of rotatable bonds is 8. The predicted octanol–water partition coefficient (Wildman–Crippen LogP) is 3.05. The first-order valence-corrected chi connectivity index (χ1v) is 11.0. The minimum Gasteiger partial charge on any atom is -0.365 e. The normalized spacial score (nSPS) is 22.0. The molecular formula is C23H28FN5O3. The van der Waals surface area contributed by atoms with Crippen molar-refractivity contribution in [3.8, 4) is 0 Å². The number of hydrogen-bond acceptors (Lipinski definition) is 7. The number of benzene rings is 1. The van der Waals surface area contributed by atoms with Gasteiger partial charge in [0.05, 0.1) is 18.1 Å². The molecule has 9 heteroatoms. The number of carbonyl (C=O) groups is 1. The Morgan fingerprint density at radius 3 is 2.84 bits per heavy atom. The molecule has 32 heavy (non-hydrogen) atoms. The highest BCUT2D eigenvalue weighted by atomic mass is 19.1. The zero-order valence-electron chi connectivity index (χ0n) is 17.9. The molecule has 2 saturated heterocycles. The van der Waals surface area contributed by atoms with Crippen LogP contribution in [0.3, 0.4) is 0 Å². The van der Waals surface area contributed by atoms with Crippen LogP contribution in [0.2, 0.25) is 0 Å². The molecule has 2 aromatic rings. The third-order valence-electron chi connectivity index (χ3n) is 5.46. The first-order valence-electron chi connectivity index (χ1n) is 11.0. The summed E-state index contributed by atoms with van der Waals surface area (Å²) in [6.07, 6.45) is 7.03. The van der Waals surface area contributed by atoms with E-state index in [4.69, 9.17) is 9.57 Å². The lowest BCUT2D eigenvalue weighted by molar-refractivity contribution is -0.199. The van der Waals surface area contributed by atoms with Crippen LogP contribution in [0.4, 0.5) is 10.2 Å². The lowest BCUT2D eigenvalue weighted by Crippen LogP contribution is -2.33. The molecular weight excluding hydrogens is 413 g/mol. The van der Waals surface area contributed by atoms with Gasteiger partial charge in [0.25, 0.3) is 0 Å². The third-order valence-corrected chi connectivity index (χ3v) is 5.46. The maximum absolute atomic E-state index is 14.1. The Kier molecular flexibility index (Phi) is 7.76. The van der Waals surface area contributed by atoms with Gasteiger partial charge in [0.15, 0.2) is 12.1 Å². The molecule has 1 aromatic heterocycles. The van der Waals surface area contributed by atoms with Gasteiger partial charge < -0.3 is 10.1 Å². The van der Waals surface area contributed by atoms with E-state index in [-0.39, 0.29) is 11.7 Å². The minimum absolute atomic E-state index is 0.245. The van der Waals surface area contributed by atoms with Gasteiger partial charge in [0.1, 0.15) is 5.82 Å². The topological polar surface area (TPSA) is 88.6 Å². The smallest absolute Gasteiger partial charge is 0.303 e. The molecule has 2 aliphatic rings. The van der Waals surface area contributed by atoms with Crippen LogP contribution in [-0.4, -0.2) is 52.8 Å². The molecule has 2 atom stereocenters. The molecule has 1 amide bonds. The van der Waals surface area contributed by atoms with Crippen molar-refractivity contribution < 1.29 is 18.8 Å². The van der Waals surface area contributed by atoms with Crippen molar-refractivity contribution in [3.63, 3.8) is 0 Å². The van der Waals surface area contributed by atoms with E-state index >= 15 is 0 Å². The van der Waals surface area contributed by atoms with Crippen molar-refractivity contribution in [1.29, 1.82) is 0 Å². The highest BCUT2D eigenvalue weighted by Crippen LogP contribution is 2.17. The molecule has 0 spiro atoms. The summed E-state index contributed by atoms with van der Waals surface area (Å²) in [5, 5.41) is 3.37. The summed E-state index contributed by atoms with van der Waals surface area (Å²) in [6, 6.07) is 10.7. The van der Waals surface area contributed by atoms with Gasteiger partial charge in [-0.05, 0) is 24.8 Å². The summed E-state index contributed by atoms with van der Waals surface area (Å²) in [7, 11) is 0. The molecule has 0 radical (unpaired) electrons. The van der Waals surface area contributed by atoms with E-state index in [1.54, 1.807) is 6.20 Å². The Hall–Kier alpha value is -2.88. The Labute approximate surface area is 186 Å². The average molecular weight is 442 g/mol. The number of nitrogens with one attached hydrogen (secondary N) is 2. The second-order valence-electron chi connectivity index (χ2n) is 8.01. The van der Waals surface area contributed by atoms with E-state index in [0.717, 1.165) is 45.0 Å². The molecule has 0 saturated carbocycles. The van der Waals surface area contributed by atoms with Gasteiger partial charge in [-0.3, -0.25) is 14.7 Å². The zero-order valence-corrected chi connectivity index (χ0v) is 17.9. The molecule has 3 heterocycles. The standard InChI is InChI=1S/C23H28FN5O3/c24-20(23(30)28-32-22-8-4-5-11-31-22)12-19-13-26-21(14-25-19)27-18-9-10-29(16-18)15-17-6-2-1-3-7-17/h1-3,6-7,12-14,18,22H,4-5,8-11,15-16H2,(H,26,27)(H,28,30)/t18-,22?/m1/s1. The SMILES string of the molecule is O=C(NOC1CCCCO1)C(F)=Cc1cnc(N[C@@H]2CCN(Cc3ccccc3)C2)cn1. The van der Waals surface area contributed by atoms with Crippen LogP contribution in [0, 0.1) is 0 Å². The second kappa shape index (κ2) is 11.1. The van der Waals surface area contributed by atoms with E-state index in [9.17, 15) is 9.18 Å². The lowest BCUT2D eigenvalue weighted by Gasteiger charge is -2.21. The van der Waals surface area contributed by atoms with E-state index in [2.05, 4.69) is 49.9 Å². The molecule has 8 nitrogen and oxygen atoms in total. The fraction of sp³-hybridized carbons (Fsp3) is 0.435. The van der Waals surface area contributed by atoms with Gasteiger partial charge in [0, 0.05) is 44.8 Å². The van der Waals surface area contributed by atoms with Gasteiger partial charge in [-0.1, -0.05) is 30.3 Å². The Balaban J connectivity index is 1.23. The summed E-state index contributed by atoms with van der Waals surface area (Å²) in [6.45, 7) is 3.42. The largest absolute Gasteiger partial charge is 0.365 e. The van der Waals surface area contributed by atoms with Gasteiger partial charge in [0.2, 0.25) is 0 Å². The van der Waals surface area contributed by atoms with E-state index < -0.39 is 18.0 Å². The number of likely N-dealkylation sites (tertiary alicyclic amines) is 1. The molecule has 4 rings (SSSR count). The fourth-order valence-electron chi connectivity index (χ4n) is 3.80. The number of hydroxylamine groups is 1. The van der Waals surface area contributed by atoms with Gasteiger partial charge in [-0.15, -0.1) is 0 Å². The van der Waals surface area contributed by atoms with E-state index in [0.29, 0.717) is 18.8 Å². The number of nitrogens with zero attached hydrogens (tertiary/aromatic N) is 3. The number of halogens is 1. The monoisotopic (exact) mass is 441 g/mol. The van der Waals surface area contributed by atoms with Crippen LogP contribution in [0.15, 0.2) is 48.6 Å². The summed E-state index contributed by atoms with van der Waals surface area (Å²) in [5.41, 5.74) is 3.62. The summed E-state index contributed by atoms with van der Waals surface area (Å²) < 4.78 is 19.4. The first kappa shape index (κ1) is 22.3. The highest BCUT2D eigenvalue weighted by Gasteiger charge is 2.22. The van der Waals surface area contributed by atoms with Crippen molar-refractivity contribution >= 4 is 17.8 Å². The number of carbonyl (C=O) groups excluding carboxylic acids is 1. The van der Waals surface area contributed by atoms with Crippen molar-refractivity contribution in [1.82, 2.24) is 20.3 Å². The van der Waals surface area contributed by atoms with Crippen LogP contribution >= 0.6 is 0 Å². The van der Waals surface area contributed by atoms with Crippen LogP contribution in [-0.2, 0) is 20.9 Å². The molecule has 2 aliphatic heterocycles. The number of hydrogen-bond donors (Lipinski definition) is 2. The summed E-state index contributed by atoms with van der Waals surface area (Å²) in [5.74, 6) is -1.37. The van der Waals surface area contributed by atoms with Gasteiger partial charge >= 0.3 is 5.91 Å². The van der Waals surface area contributed by atoms with Crippen molar-refractivity contribution in [2.24, 2.45) is 0 Å². The van der Waals surface area contributed by atoms with Crippen LogP contribution in [0.1, 0.15) is 36.9 Å². The second-order valence-corrected chi connectivity index (χ2v) is 8.01. The van der Waals surface area contributed by atoms with Crippen LogP contribution < -0.4 is 10.8 Å². The predicted molar refractivity (Wildman–Crippen MR) is 118 cm³/mol.